The first-order chi connectivity index (χ1) is 16.5. The average molecular weight is 489 g/mol. The van der Waals surface area contributed by atoms with Gasteiger partial charge in [0.15, 0.2) is 5.78 Å². The largest absolute Gasteiger partial charge is 0.444 e. The van der Waals surface area contributed by atoms with Gasteiger partial charge in [0.1, 0.15) is 11.6 Å². The van der Waals surface area contributed by atoms with Gasteiger partial charge in [0.05, 0.1) is 42.7 Å². The van der Waals surface area contributed by atoms with E-state index in [2.05, 4.69) is 14.9 Å². The van der Waals surface area contributed by atoms with Crippen molar-refractivity contribution < 1.29 is 23.9 Å². The van der Waals surface area contributed by atoms with E-state index in [0.29, 0.717) is 43.9 Å². The highest BCUT2D eigenvalue weighted by molar-refractivity contribution is 5.95. The van der Waals surface area contributed by atoms with Crippen molar-refractivity contribution >= 4 is 17.8 Å². The highest BCUT2D eigenvalue weighted by Gasteiger charge is 2.45. The Morgan fingerprint density at radius 3 is 2.51 bits per heavy atom. The fourth-order valence-corrected chi connectivity index (χ4v) is 4.94. The van der Waals surface area contributed by atoms with E-state index < -0.39 is 35.9 Å². The van der Waals surface area contributed by atoms with Crippen molar-refractivity contribution in [3.05, 3.63) is 23.8 Å². The maximum absolute atomic E-state index is 13.9. The number of likely N-dealkylation sites (tertiary alicyclic amines) is 1. The molecule has 0 bridgehead atoms. The minimum atomic E-state index is -0.887. The summed E-state index contributed by atoms with van der Waals surface area (Å²) in [6.45, 7) is 7.74. The minimum absolute atomic E-state index is 0.134. The fraction of sp³-hybridized carbons (Fsp3) is 0.708. The zero-order chi connectivity index (χ0) is 25.3. The van der Waals surface area contributed by atoms with Gasteiger partial charge in [-0.3, -0.25) is 24.5 Å². The molecule has 0 saturated carbocycles. The number of carbonyl (C=O) groups is 3. The third-order valence-electron chi connectivity index (χ3n) is 6.75. The monoisotopic (exact) mass is 488 g/mol. The number of morpholine rings is 1. The molecule has 2 amide bonds. The van der Waals surface area contributed by atoms with Crippen LogP contribution in [0, 0.1) is 0 Å². The van der Waals surface area contributed by atoms with Crippen molar-refractivity contribution in [1.82, 2.24) is 24.7 Å². The van der Waals surface area contributed by atoms with E-state index in [4.69, 9.17) is 15.2 Å². The van der Waals surface area contributed by atoms with Crippen LogP contribution in [0.3, 0.4) is 0 Å². The lowest BCUT2D eigenvalue weighted by Gasteiger charge is -2.40. The zero-order valence-corrected chi connectivity index (χ0v) is 21.0. The summed E-state index contributed by atoms with van der Waals surface area (Å²) in [5, 5.41) is 0. The van der Waals surface area contributed by atoms with E-state index in [-0.39, 0.29) is 24.7 Å². The molecule has 35 heavy (non-hydrogen) atoms. The summed E-state index contributed by atoms with van der Waals surface area (Å²) in [7, 11) is 1.96. The smallest absolute Gasteiger partial charge is 0.410 e. The minimum Gasteiger partial charge on any atom is -0.444 e. The Hall–Kier alpha value is -2.63. The first kappa shape index (κ1) is 25.5. The molecule has 192 valence electrons. The summed E-state index contributed by atoms with van der Waals surface area (Å²) in [4.78, 5) is 54.2. The standard InChI is InChI=1S/C24H36N6O5/c1-24(2,3)35-23(33)29-9-5-6-17(29)22(32)30-13-16-15(26-7-8-27-16)12-18(30)21(31)20(25)19-14-28(4)10-11-34-19/h7-8,17-20H,5-6,9-14,25H2,1-4H3/t17-,18+,19+,20+/m1/s1. The third kappa shape index (κ3) is 5.62. The van der Waals surface area contributed by atoms with Crippen molar-refractivity contribution in [1.29, 1.82) is 0 Å². The first-order valence-corrected chi connectivity index (χ1v) is 12.2. The van der Waals surface area contributed by atoms with Crippen molar-refractivity contribution in [2.45, 2.75) is 76.4 Å². The normalized spacial score (nSPS) is 26.3. The molecule has 0 spiro atoms. The summed E-state index contributed by atoms with van der Waals surface area (Å²) in [5.74, 6) is -0.561. The van der Waals surface area contributed by atoms with Crippen LogP contribution in [-0.4, -0.2) is 106 Å². The summed E-state index contributed by atoms with van der Waals surface area (Å²) >= 11 is 0. The molecule has 2 N–H and O–H groups in total. The van der Waals surface area contributed by atoms with Gasteiger partial charge in [-0.05, 0) is 40.7 Å². The lowest BCUT2D eigenvalue weighted by Crippen LogP contribution is -2.61. The molecule has 4 rings (SSSR count). The van der Waals surface area contributed by atoms with Crippen LogP contribution in [0.25, 0.3) is 0 Å². The Labute approximate surface area is 205 Å². The Balaban J connectivity index is 1.58. The molecular weight excluding hydrogens is 452 g/mol. The molecule has 2 saturated heterocycles. The van der Waals surface area contributed by atoms with E-state index in [1.165, 1.54) is 9.80 Å². The molecule has 0 aromatic carbocycles. The molecule has 0 aliphatic carbocycles. The van der Waals surface area contributed by atoms with E-state index in [0.717, 1.165) is 6.54 Å². The van der Waals surface area contributed by atoms with Crippen molar-refractivity contribution in [2.24, 2.45) is 5.73 Å². The van der Waals surface area contributed by atoms with Gasteiger partial charge in [-0.25, -0.2) is 4.79 Å². The molecule has 4 heterocycles. The molecule has 11 nitrogen and oxygen atoms in total. The molecule has 3 aliphatic heterocycles. The Morgan fingerprint density at radius 2 is 1.83 bits per heavy atom. The quantitative estimate of drug-likeness (QED) is 0.638. The maximum atomic E-state index is 13.9. The highest BCUT2D eigenvalue weighted by atomic mass is 16.6. The number of hydrogen-bond donors (Lipinski definition) is 1. The van der Waals surface area contributed by atoms with E-state index in [1.54, 1.807) is 33.2 Å². The van der Waals surface area contributed by atoms with Crippen molar-refractivity contribution in [3.8, 4) is 0 Å². The molecule has 2 fully saturated rings. The zero-order valence-electron chi connectivity index (χ0n) is 21.0. The number of aromatic nitrogens is 2. The summed E-state index contributed by atoms with van der Waals surface area (Å²) in [5.41, 5.74) is 7.06. The predicted molar refractivity (Wildman–Crippen MR) is 126 cm³/mol. The van der Waals surface area contributed by atoms with Crippen LogP contribution in [0.5, 0.6) is 0 Å². The lowest BCUT2D eigenvalue weighted by atomic mass is 9.91. The van der Waals surface area contributed by atoms with Crippen LogP contribution < -0.4 is 5.73 Å². The number of nitrogens with two attached hydrogens (primary N) is 1. The SMILES string of the molecule is CN1CCO[C@H]([C@H](N)C(=O)[C@@H]2Cc3nccnc3CN2C(=O)[C@H]2CCCN2C(=O)OC(C)(C)C)C1. The Kier molecular flexibility index (Phi) is 7.39. The molecule has 1 aromatic rings. The second-order valence-corrected chi connectivity index (χ2v) is 10.6. The molecule has 3 aliphatic rings. The number of carbonyl (C=O) groups excluding carboxylic acids is 3. The number of hydrogen-bond acceptors (Lipinski definition) is 9. The number of nitrogens with zero attached hydrogens (tertiary/aromatic N) is 5. The highest BCUT2D eigenvalue weighted by Crippen LogP contribution is 2.28. The topological polar surface area (TPSA) is 131 Å². The van der Waals surface area contributed by atoms with Crippen molar-refractivity contribution in [2.75, 3.05) is 33.3 Å². The second kappa shape index (κ2) is 10.2. The molecule has 4 atom stereocenters. The fourth-order valence-electron chi connectivity index (χ4n) is 4.94. The van der Waals surface area contributed by atoms with Crippen LogP contribution in [0.4, 0.5) is 4.79 Å². The van der Waals surface area contributed by atoms with Gasteiger partial charge in [0, 0.05) is 38.4 Å². The molecular formula is C24H36N6O5. The number of likely N-dealkylation sites (N-methyl/N-ethyl adjacent to an activating group) is 1. The van der Waals surface area contributed by atoms with Gasteiger partial charge in [-0.15, -0.1) is 0 Å². The number of fused-ring (bicyclic) bond motifs is 1. The van der Waals surface area contributed by atoms with E-state index >= 15 is 0 Å². The number of ether oxygens (including phenoxy) is 2. The van der Waals surface area contributed by atoms with Crippen LogP contribution in [-0.2, 0) is 32.0 Å². The van der Waals surface area contributed by atoms with Crippen LogP contribution in [0.2, 0.25) is 0 Å². The van der Waals surface area contributed by atoms with Gasteiger partial charge in [0.2, 0.25) is 5.91 Å². The van der Waals surface area contributed by atoms with Crippen molar-refractivity contribution in [3.63, 3.8) is 0 Å². The average Bonchev–Trinajstić information content (AvgIpc) is 3.31. The molecule has 0 radical (unpaired) electrons. The molecule has 11 heteroatoms. The molecule has 1 aromatic heterocycles. The van der Waals surface area contributed by atoms with E-state index in [1.807, 2.05) is 7.05 Å². The second-order valence-electron chi connectivity index (χ2n) is 10.6. The summed E-state index contributed by atoms with van der Waals surface area (Å²) in [6, 6.07) is -2.40. The number of ketones is 1. The van der Waals surface area contributed by atoms with Crippen LogP contribution in [0.15, 0.2) is 12.4 Å². The Morgan fingerprint density at radius 1 is 1.11 bits per heavy atom. The number of Topliss-reactive ketones (excluding diaryl/α,β-unsaturated/α-hetero) is 1. The number of rotatable bonds is 4. The van der Waals surface area contributed by atoms with Gasteiger partial charge in [-0.1, -0.05) is 0 Å². The van der Waals surface area contributed by atoms with Gasteiger partial charge in [-0.2, -0.15) is 0 Å². The van der Waals surface area contributed by atoms with Gasteiger partial charge >= 0.3 is 6.09 Å². The number of amides is 2. The molecule has 0 unspecified atom stereocenters. The third-order valence-corrected chi connectivity index (χ3v) is 6.75. The van der Waals surface area contributed by atoms with Gasteiger partial charge in [0.25, 0.3) is 0 Å². The predicted octanol–water partition coefficient (Wildman–Crippen LogP) is 0.356. The summed E-state index contributed by atoms with van der Waals surface area (Å²) in [6.07, 6.45) is 3.59. The van der Waals surface area contributed by atoms with Crippen LogP contribution >= 0.6 is 0 Å². The first-order valence-electron chi connectivity index (χ1n) is 12.2. The Bertz CT molecular complexity index is 966. The van der Waals surface area contributed by atoms with E-state index in [9.17, 15) is 14.4 Å². The van der Waals surface area contributed by atoms with Crippen LogP contribution in [0.1, 0.15) is 45.0 Å². The lowest BCUT2D eigenvalue weighted by molar-refractivity contribution is -0.147. The van der Waals surface area contributed by atoms with Gasteiger partial charge < -0.3 is 25.0 Å². The maximum Gasteiger partial charge on any atom is 0.410 e. The summed E-state index contributed by atoms with van der Waals surface area (Å²) < 4.78 is 11.3.